The summed E-state index contributed by atoms with van der Waals surface area (Å²) in [5, 5.41) is 27.6. The first-order valence-electron chi connectivity index (χ1n) is 10.6. The SMILES string of the molecule is CCCCCCCCCCCC[N+](C)(C)C/C(=N\O)c1ccccn1.O=[N+]([O-])[O-]. The van der Waals surface area contributed by atoms with E-state index in [4.69, 9.17) is 15.3 Å². The summed E-state index contributed by atoms with van der Waals surface area (Å²) in [7, 11) is 4.39. The molecule has 1 N–H and O–H groups in total. The van der Waals surface area contributed by atoms with Gasteiger partial charge in [0, 0.05) is 6.20 Å². The van der Waals surface area contributed by atoms with Crippen LogP contribution in [0.25, 0.3) is 0 Å². The molecule has 0 bridgehead atoms. The lowest BCUT2D eigenvalue weighted by atomic mass is 10.1. The molecule has 0 aliphatic heterocycles. The molecule has 1 aromatic heterocycles. The van der Waals surface area contributed by atoms with Crippen molar-refractivity contribution in [1.29, 1.82) is 0 Å². The van der Waals surface area contributed by atoms with Crippen molar-refractivity contribution in [2.24, 2.45) is 5.16 Å². The molecule has 0 atom stereocenters. The van der Waals surface area contributed by atoms with Crippen molar-refractivity contribution in [2.45, 2.75) is 71.1 Å². The minimum Gasteiger partial charge on any atom is -0.410 e. The van der Waals surface area contributed by atoms with Crippen LogP contribution in [0.4, 0.5) is 0 Å². The van der Waals surface area contributed by atoms with E-state index in [1.54, 1.807) is 6.20 Å². The van der Waals surface area contributed by atoms with Gasteiger partial charge in [0.2, 0.25) is 0 Å². The van der Waals surface area contributed by atoms with Crippen LogP contribution in [0.1, 0.15) is 76.8 Å². The quantitative estimate of drug-likeness (QED) is 0.116. The zero-order chi connectivity index (χ0) is 22.0. The Morgan fingerprint density at radius 1 is 1.03 bits per heavy atom. The molecule has 0 saturated heterocycles. The monoisotopic (exact) mass is 410 g/mol. The maximum atomic E-state index is 9.33. The fourth-order valence-electron chi connectivity index (χ4n) is 3.21. The van der Waals surface area contributed by atoms with Gasteiger partial charge >= 0.3 is 0 Å². The van der Waals surface area contributed by atoms with Gasteiger partial charge in [0.05, 0.1) is 31.4 Å². The Hall–Kier alpha value is -2.22. The van der Waals surface area contributed by atoms with E-state index in [1.165, 1.54) is 64.2 Å². The largest absolute Gasteiger partial charge is 0.410 e. The standard InChI is InChI=1S/C21H37N3O.NO3/c1-4-5-6-7-8-9-10-11-12-15-18-24(2,3)19-21(23-25)20-16-13-14-17-22-20;2-1(3)4/h13-14,16-17H,4-12,15,18-19H2,1-3H3;/q;-1/p+1/b23-21+;. The molecular formula is C21H38N4O4. The number of pyridine rings is 1. The van der Waals surface area contributed by atoms with Crippen LogP contribution in [0.5, 0.6) is 0 Å². The molecule has 0 amide bonds. The maximum absolute atomic E-state index is 9.33. The molecule has 0 saturated carbocycles. The predicted molar refractivity (Wildman–Crippen MR) is 117 cm³/mol. The lowest BCUT2D eigenvalue weighted by molar-refractivity contribution is -0.881. The molecular weight excluding hydrogens is 372 g/mol. The number of oxime groups is 1. The number of unbranched alkanes of at least 4 members (excludes halogenated alkanes) is 9. The Bertz CT molecular complexity index is 561. The summed E-state index contributed by atoms with van der Waals surface area (Å²) in [6, 6.07) is 5.70. The fourth-order valence-corrected chi connectivity index (χ4v) is 3.21. The van der Waals surface area contributed by atoms with Crippen molar-refractivity contribution in [1.82, 2.24) is 4.98 Å². The summed E-state index contributed by atoms with van der Waals surface area (Å²) >= 11 is 0. The predicted octanol–water partition coefficient (Wildman–Crippen LogP) is 5.02. The Morgan fingerprint density at radius 3 is 2.00 bits per heavy atom. The van der Waals surface area contributed by atoms with Crippen LogP contribution in [0, 0.1) is 15.3 Å². The number of likely N-dealkylation sites (N-methyl/N-ethyl adjacent to an activating group) is 1. The second kappa shape index (κ2) is 16.7. The first-order chi connectivity index (χ1) is 13.8. The van der Waals surface area contributed by atoms with Crippen LogP contribution in [0.2, 0.25) is 0 Å². The third kappa shape index (κ3) is 16.4. The van der Waals surface area contributed by atoms with E-state index in [1.807, 2.05) is 18.2 Å². The molecule has 8 heteroatoms. The second-order valence-corrected chi connectivity index (χ2v) is 7.98. The van der Waals surface area contributed by atoms with Crippen molar-refractivity contribution in [3.8, 4) is 0 Å². The summed E-state index contributed by atoms with van der Waals surface area (Å²) in [6.45, 7) is 4.07. The first kappa shape index (κ1) is 26.8. The van der Waals surface area contributed by atoms with Gasteiger partial charge in [-0.3, -0.25) is 4.98 Å². The molecule has 0 fully saturated rings. The minimum atomic E-state index is -1.75. The van der Waals surface area contributed by atoms with Gasteiger partial charge in [0.1, 0.15) is 6.54 Å². The van der Waals surface area contributed by atoms with Gasteiger partial charge in [-0.15, -0.1) is 0 Å². The van der Waals surface area contributed by atoms with E-state index in [-0.39, 0.29) is 0 Å². The molecule has 0 spiro atoms. The Balaban J connectivity index is 0.00000178. The Labute approximate surface area is 175 Å². The molecule has 0 radical (unpaired) electrons. The Morgan fingerprint density at radius 2 is 1.55 bits per heavy atom. The number of rotatable bonds is 14. The van der Waals surface area contributed by atoms with E-state index < -0.39 is 5.09 Å². The highest BCUT2D eigenvalue weighted by atomic mass is 16.9. The van der Waals surface area contributed by atoms with Crippen LogP contribution in [-0.2, 0) is 0 Å². The topological polar surface area (TPSA) is 112 Å². The normalized spacial score (nSPS) is 11.6. The smallest absolute Gasteiger partial charge is 0.159 e. The van der Waals surface area contributed by atoms with Crippen LogP contribution in [-0.4, -0.2) is 52.7 Å². The summed E-state index contributed by atoms with van der Waals surface area (Å²) < 4.78 is 0.826. The Kier molecular flexibility index (Phi) is 15.4. The van der Waals surface area contributed by atoms with E-state index >= 15 is 0 Å². The van der Waals surface area contributed by atoms with E-state index in [2.05, 4.69) is 31.2 Å². The first-order valence-corrected chi connectivity index (χ1v) is 10.6. The molecule has 0 aliphatic carbocycles. The van der Waals surface area contributed by atoms with Crippen LogP contribution in [0.3, 0.4) is 0 Å². The van der Waals surface area contributed by atoms with Crippen LogP contribution >= 0.6 is 0 Å². The van der Waals surface area contributed by atoms with E-state index in [0.29, 0.717) is 12.3 Å². The van der Waals surface area contributed by atoms with Gasteiger partial charge in [-0.25, -0.2) is 0 Å². The van der Waals surface area contributed by atoms with Gasteiger partial charge < -0.3 is 25.0 Å². The maximum Gasteiger partial charge on any atom is 0.159 e. The molecule has 166 valence electrons. The summed E-state index contributed by atoms with van der Waals surface area (Å²) in [6.07, 6.45) is 15.3. The third-order valence-electron chi connectivity index (χ3n) is 4.78. The molecule has 1 heterocycles. The number of aromatic nitrogens is 1. The fraction of sp³-hybridized carbons (Fsp3) is 0.714. The lowest BCUT2D eigenvalue weighted by Crippen LogP contribution is -2.45. The number of hydrogen-bond donors (Lipinski definition) is 1. The van der Waals surface area contributed by atoms with Crippen molar-refractivity contribution in [2.75, 3.05) is 27.2 Å². The van der Waals surface area contributed by atoms with Gasteiger partial charge in [-0.2, -0.15) is 0 Å². The summed E-state index contributed by atoms with van der Waals surface area (Å²) in [4.78, 5) is 12.5. The summed E-state index contributed by atoms with van der Waals surface area (Å²) in [5.74, 6) is 0. The van der Waals surface area contributed by atoms with Gasteiger partial charge in [0.15, 0.2) is 5.71 Å². The minimum absolute atomic E-state index is 0.665. The third-order valence-corrected chi connectivity index (χ3v) is 4.78. The molecule has 0 aliphatic rings. The van der Waals surface area contributed by atoms with E-state index in [9.17, 15) is 5.21 Å². The zero-order valence-electron chi connectivity index (χ0n) is 18.3. The zero-order valence-corrected chi connectivity index (χ0v) is 18.3. The molecule has 0 aromatic carbocycles. The van der Waals surface area contributed by atoms with Crippen LogP contribution < -0.4 is 0 Å². The molecule has 29 heavy (non-hydrogen) atoms. The molecule has 1 rings (SSSR count). The average molecular weight is 411 g/mol. The van der Waals surface area contributed by atoms with Crippen molar-refractivity contribution < 1.29 is 14.8 Å². The molecule has 8 nitrogen and oxygen atoms in total. The highest BCUT2D eigenvalue weighted by Crippen LogP contribution is 2.12. The number of hydrogen-bond acceptors (Lipinski definition) is 6. The van der Waals surface area contributed by atoms with E-state index in [0.717, 1.165) is 16.7 Å². The van der Waals surface area contributed by atoms with Gasteiger partial charge in [-0.05, 0) is 25.0 Å². The summed E-state index contributed by atoms with van der Waals surface area (Å²) in [5.41, 5.74) is 1.43. The van der Waals surface area contributed by atoms with Crippen molar-refractivity contribution >= 4 is 5.71 Å². The highest BCUT2D eigenvalue weighted by Gasteiger charge is 2.20. The second-order valence-electron chi connectivity index (χ2n) is 7.98. The number of nitrogens with zero attached hydrogens (tertiary/aromatic N) is 4. The molecule has 1 aromatic rings. The molecule has 0 unspecified atom stereocenters. The van der Waals surface area contributed by atoms with Crippen molar-refractivity contribution in [3.63, 3.8) is 0 Å². The number of quaternary nitrogens is 1. The van der Waals surface area contributed by atoms with Crippen molar-refractivity contribution in [3.05, 3.63) is 45.4 Å². The van der Waals surface area contributed by atoms with Gasteiger partial charge in [-0.1, -0.05) is 69.5 Å². The van der Waals surface area contributed by atoms with Crippen LogP contribution in [0.15, 0.2) is 29.6 Å². The van der Waals surface area contributed by atoms with Gasteiger partial charge in [0.25, 0.3) is 0 Å². The lowest BCUT2D eigenvalue weighted by Gasteiger charge is -2.29. The highest BCUT2D eigenvalue weighted by molar-refractivity contribution is 5.99. The average Bonchev–Trinajstić information content (AvgIpc) is 2.68.